The number of rotatable bonds is 2. The van der Waals surface area contributed by atoms with Crippen molar-refractivity contribution >= 4 is 10.9 Å². The van der Waals surface area contributed by atoms with Gasteiger partial charge in [-0.15, -0.1) is 0 Å². The molecule has 0 saturated carbocycles. The lowest BCUT2D eigenvalue weighted by Crippen LogP contribution is -2.41. The predicted octanol–water partition coefficient (Wildman–Crippen LogP) is 4.13. The first-order chi connectivity index (χ1) is 12.0. The van der Waals surface area contributed by atoms with E-state index >= 15 is 0 Å². The molecule has 0 aliphatic heterocycles. The van der Waals surface area contributed by atoms with Gasteiger partial charge in [0.25, 0.3) is 5.56 Å². The molecule has 0 fully saturated rings. The molecule has 3 heteroatoms. The highest BCUT2D eigenvalue weighted by molar-refractivity contribution is 5.80. The fraction of sp³-hybridized carbons (Fsp3) is 0.318. The molecule has 1 aromatic heterocycles. The number of aromatic amines is 1. The number of hydrogen-bond donors (Lipinski definition) is 2. The average Bonchev–Trinajstić information content (AvgIpc) is 2.61. The highest BCUT2D eigenvalue weighted by Crippen LogP contribution is 2.43. The van der Waals surface area contributed by atoms with Crippen LogP contribution in [0.2, 0.25) is 0 Å². The number of aryl methyl sites for hydroxylation is 2. The molecule has 0 radical (unpaired) electrons. The molecule has 2 atom stereocenters. The summed E-state index contributed by atoms with van der Waals surface area (Å²) in [7, 11) is 0. The maximum absolute atomic E-state index is 12.0. The molecular weight excluding hydrogens is 308 g/mol. The van der Waals surface area contributed by atoms with Crippen molar-refractivity contribution in [1.82, 2.24) is 4.98 Å². The summed E-state index contributed by atoms with van der Waals surface area (Å²) in [6.07, 6.45) is 3.39. The van der Waals surface area contributed by atoms with E-state index in [4.69, 9.17) is 5.73 Å². The zero-order valence-electron chi connectivity index (χ0n) is 14.8. The Balaban J connectivity index is 1.82. The molecule has 2 unspecified atom stereocenters. The van der Waals surface area contributed by atoms with Gasteiger partial charge in [-0.05, 0) is 67.3 Å². The molecule has 3 aromatic rings. The fourth-order valence-electron chi connectivity index (χ4n) is 4.22. The van der Waals surface area contributed by atoms with E-state index in [2.05, 4.69) is 48.3 Å². The molecular formula is C22H24N2O. The molecule has 0 spiro atoms. The lowest BCUT2D eigenvalue weighted by atomic mass is 9.70. The van der Waals surface area contributed by atoms with Crippen LogP contribution >= 0.6 is 0 Å². The van der Waals surface area contributed by atoms with Crippen LogP contribution in [0, 0.1) is 6.92 Å². The van der Waals surface area contributed by atoms with Crippen LogP contribution in [-0.2, 0) is 12.0 Å². The van der Waals surface area contributed by atoms with Gasteiger partial charge in [-0.2, -0.15) is 0 Å². The number of nitrogens with one attached hydrogen (secondary N) is 1. The van der Waals surface area contributed by atoms with Crippen LogP contribution in [0.3, 0.4) is 0 Å². The summed E-state index contributed by atoms with van der Waals surface area (Å²) in [5.41, 5.74) is 11.8. The van der Waals surface area contributed by atoms with Gasteiger partial charge in [0, 0.05) is 22.5 Å². The summed E-state index contributed by atoms with van der Waals surface area (Å²) in [6.45, 7) is 3.95. The molecule has 0 saturated heterocycles. The smallest absolute Gasteiger partial charge is 0.251 e. The van der Waals surface area contributed by atoms with Crippen LogP contribution in [0.15, 0.2) is 53.3 Å². The Labute approximate surface area is 147 Å². The zero-order valence-corrected chi connectivity index (χ0v) is 14.8. The summed E-state index contributed by atoms with van der Waals surface area (Å²) in [5.74, 6) is 0.284. The number of pyridine rings is 1. The predicted molar refractivity (Wildman–Crippen MR) is 103 cm³/mol. The van der Waals surface area contributed by atoms with E-state index in [0.717, 1.165) is 41.3 Å². The Morgan fingerprint density at radius 1 is 1.16 bits per heavy atom. The second kappa shape index (κ2) is 5.85. The van der Waals surface area contributed by atoms with Crippen molar-refractivity contribution in [1.29, 1.82) is 0 Å². The van der Waals surface area contributed by atoms with Crippen LogP contribution in [-0.4, -0.2) is 4.98 Å². The van der Waals surface area contributed by atoms with Gasteiger partial charge in [0.05, 0.1) is 0 Å². The Morgan fingerprint density at radius 2 is 1.96 bits per heavy atom. The minimum Gasteiger partial charge on any atom is -0.322 e. The normalized spacial score (nSPS) is 19.4. The van der Waals surface area contributed by atoms with Crippen LogP contribution in [0.25, 0.3) is 10.9 Å². The van der Waals surface area contributed by atoms with Gasteiger partial charge in [-0.3, -0.25) is 4.79 Å². The van der Waals surface area contributed by atoms with E-state index in [9.17, 15) is 4.79 Å². The second-order valence-electron chi connectivity index (χ2n) is 7.51. The Bertz CT molecular complexity index is 1000. The van der Waals surface area contributed by atoms with Crippen molar-refractivity contribution in [3.63, 3.8) is 0 Å². The number of hydrogen-bond acceptors (Lipinski definition) is 2. The van der Waals surface area contributed by atoms with E-state index in [1.54, 1.807) is 0 Å². The lowest BCUT2D eigenvalue weighted by Gasteiger charge is -2.39. The minimum atomic E-state index is -0.480. The first-order valence-electron chi connectivity index (χ1n) is 8.97. The van der Waals surface area contributed by atoms with Crippen LogP contribution in [0.1, 0.15) is 47.9 Å². The largest absolute Gasteiger partial charge is 0.322 e. The standard InChI is InChI=1S/C22H24N2O/c1-14-12-16-10-11-17(13-20(16)24-21(14)25)22(2,23)19-9-5-7-15-6-3-4-8-18(15)19/h3-4,6,8,10-13,19H,5,7,9,23H2,1-2H3,(H,24,25). The molecule has 1 heterocycles. The van der Waals surface area contributed by atoms with Gasteiger partial charge in [-0.25, -0.2) is 0 Å². The van der Waals surface area contributed by atoms with E-state index < -0.39 is 5.54 Å². The van der Waals surface area contributed by atoms with Crippen molar-refractivity contribution < 1.29 is 0 Å². The maximum Gasteiger partial charge on any atom is 0.251 e. The summed E-state index contributed by atoms with van der Waals surface area (Å²) >= 11 is 0. The highest BCUT2D eigenvalue weighted by atomic mass is 16.1. The van der Waals surface area contributed by atoms with E-state index in [-0.39, 0.29) is 11.5 Å². The number of H-pyrrole nitrogens is 1. The first-order valence-corrected chi connectivity index (χ1v) is 8.97. The van der Waals surface area contributed by atoms with Gasteiger partial charge in [0.1, 0.15) is 0 Å². The molecule has 3 nitrogen and oxygen atoms in total. The van der Waals surface area contributed by atoms with Crippen molar-refractivity contribution in [2.24, 2.45) is 5.73 Å². The molecule has 128 valence electrons. The minimum absolute atomic E-state index is 0.0358. The van der Waals surface area contributed by atoms with Crippen molar-refractivity contribution in [2.45, 2.75) is 44.6 Å². The van der Waals surface area contributed by atoms with Crippen LogP contribution < -0.4 is 11.3 Å². The molecule has 4 rings (SSSR count). The average molecular weight is 332 g/mol. The number of nitrogens with two attached hydrogens (primary N) is 1. The topological polar surface area (TPSA) is 58.9 Å². The Kier molecular flexibility index (Phi) is 3.77. The van der Waals surface area contributed by atoms with Gasteiger partial charge >= 0.3 is 0 Å². The van der Waals surface area contributed by atoms with Gasteiger partial charge < -0.3 is 10.7 Å². The van der Waals surface area contributed by atoms with E-state index in [0.29, 0.717) is 0 Å². The quantitative estimate of drug-likeness (QED) is 0.741. The van der Waals surface area contributed by atoms with Crippen LogP contribution in [0.5, 0.6) is 0 Å². The molecule has 1 aliphatic carbocycles. The molecule has 3 N–H and O–H groups in total. The third kappa shape index (κ3) is 2.69. The van der Waals surface area contributed by atoms with Gasteiger partial charge in [-0.1, -0.05) is 36.4 Å². The van der Waals surface area contributed by atoms with Crippen molar-refractivity contribution in [3.8, 4) is 0 Å². The summed E-state index contributed by atoms with van der Waals surface area (Å²) < 4.78 is 0. The third-order valence-corrected chi connectivity index (χ3v) is 5.75. The molecule has 0 bridgehead atoms. The monoisotopic (exact) mass is 332 g/mol. The number of aromatic nitrogens is 1. The molecule has 2 aromatic carbocycles. The highest BCUT2D eigenvalue weighted by Gasteiger charge is 2.35. The van der Waals surface area contributed by atoms with Gasteiger partial charge in [0.2, 0.25) is 0 Å². The Morgan fingerprint density at radius 3 is 2.80 bits per heavy atom. The van der Waals surface area contributed by atoms with Crippen molar-refractivity contribution in [2.75, 3.05) is 0 Å². The lowest BCUT2D eigenvalue weighted by molar-refractivity contribution is 0.349. The fourth-order valence-corrected chi connectivity index (χ4v) is 4.22. The van der Waals surface area contributed by atoms with E-state index in [1.807, 2.05) is 19.1 Å². The number of benzene rings is 2. The van der Waals surface area contributed by atoms with Gasteiger partial charge in [0.15, 0.2) is 0 Å². The Hall–Kier alpha value is -2.39. The van der Waals surface area contributed by atoms with E-state index in [1.165, 1.54) is 11.1 Å². The molecule has 1 aliphatic rings. The summed E-state index contributed by atoms with van der Waals surface area (Å²) in [5, 5.41) is 1.04. The summed E-state index contributed by atoms with van der Waals surface area (Å²) in [6, 6.07) is 16.8. The van der Waals surface area contributed by atoms with Crippen LogP contribution in [0.4, 0.5) is 0 Å². The zero-order chi connectivity index (χ0) is 17.6. The number of fused-ring (bicyclic) bond motifs is 2. The first kappa shape index (κ1) is 16.1. The molecule has 25 heavy (non-hydrogen) atoms. The molecule has 0 amide bonds. The third-order valence-electron chi connectivity index (χ3n) is 5.75. The van der Waals surface area contributed by atoms with Crippen molar-refractivity contribution in [3.05, 3.63) is 81.1 Å². The maximum atomic E-state index is 12.0. The second-order valence-corrected chi connectivity index (χ2v) is 7.51. The SMILES string of the molecule is Cc1cc2ccc(C(C)(N)C3CCCc4ccccc43)cc2[nH]c1=O. The summed E-state index contributed by atoms with van der Waals surface area (Å²) in [4.78, 5) is 15.0.